The van der Waals surface area contributed by atoms with Gasteiger partial charge in [-0.3, -0.25) is 0 Å². The summed E-state index contributed by atoms with van der Waals surface area (Å²) in [6.07, 6.45) is 9.81. The van der Waals surface area contributed by atoms with E-state index in [9.17, 15) is 0 Å². The average molecular weight is 169 g/mol. The Labute approximate surface area is 76.7 Å². The van der Waals surface area contributed by atoms with Crippen LogP contribution in [0.25, 0.3) is 0 Å². The number of rotatable bonds is 5. The summed E-state index contributed by atoms with van der Waals surface area (Å²) in [6.45, 7) is 4.24. The molecule has 0 bridgehead atoms. The van der Waals surface area contributed by atoms with Crippen LogP contribution < -0.4 is 5.73 Å². The van der Waals surface area contributed by atoms with Crippen molar-refractivity contribution in [3.8, 4) is 0 Å². The highest BCUT2D eigenvalue weighted by atomic mass is 14.7. The molecule has 0 aromatic carbocycles. The molecule has 1 fully saturated rings. The molecule has 1 rings (SSSR count). The van der Waals surface area contributed by atoms with Crippen molar-refractivity contribution in [1.82, 2.24) is 0 Å². The van der Waals surface area contributed by atoms with Crippen LogP contribution in [0, 0.1) is 5.92 Å². The van der Waals surface area contributed by atoms with E-state index in [0.717, 1.165) is 5.92 Å². The largest absolute Gasteiger partial charge is 0.326 e. The molecule has 0 radical (unpaired) electrons. The molecule has 1 heteroatoms. The fraction of sp³-hybridized carbons (Fsp3) is 1.00. The molecule has 0 heterocycles. The Hall–Kier alpha value is -0.0400. The van der Waals surface area contributed by atoms with Gasteiger partial charge in [0, 0.05) is 5.54 Å². The third-order valence-electron chi connectivity index (χ3n) is 2.91. The van der Waals surface area contributed by atoms with Crippen LogP contribution in [0.3, 0.4) is 0 Å². The second-order valence-electron chi connectivity index (χ2n) is 5.03. The lowest BCUT2D eigenvalue weighted by molar-refractivity contribution is 0.282. The molecule has 72 valence electrons. The third-order valence-corrected chi connectivity index (χ3v) is 2.91. The molecule has 0 atom stereocenters. The average Bonchev–Trinajstić information content (AvgIpc) is 1.80. The van der Waals surface area contributed by atoms with E-state index in [1.54, 1.807) is 0 Å². The van der Waals surface area contributed by atoms with Crippen LogP contribution in [0.1, 0.15) is 58.8 Å². The summed E-state index contributed by atoms with van der Waals surface area (Å²) < 4.78 is 0. The van der Waals surface area contributed by atoms with Crippen molar-refractivity contribution in [2.45, 2.75) is 64.3 Å². The van der Waals surface area contributed by atoms with Gasteiger partial charge in [0.2, 0.25) is 0 Å². The van der Waals surface area contributed by atoms with Crippen molar-refractivity contribution in [3.05, 3.63) is 0 Å². The summed E-state index contributed by atoms with van der Waals surface area (Å²) in [5.41, 5.74) is 5.95. The summed E-state index contributed by atoms with van der Waals surface area (Å²) in [6, 6.07) is 0. The normalized spacial score (nSPS) is 19.2. The van der Waals surface area contributed by atoms with Gasteiger partial charge in [-0.05, 0) is 26.2 Å². The summed E-state index contributed by atoms with van der Waals surface area (Å²) in [7, 11) is 0. The fourth-order valence-corrected chi connectivity index (χ4v) is 1.80. The van der Waals surface area contributed by atoms with E-state index in [2.05, 4.69) is 13.8 Å². The summed E-state index contributed by atoms with van der Waals surface area (Å²) >= 11 is 0. The summed E-state index contributed by atoms with van der Waals surface area (Å²) in [5.74, 6) is 1.07. The number of unbranched alkanes of at least 4 members (excludes halogenated alkanes) is 1. The van der Waals surface area contributed by atoms with Crippen LogP contribution in [0.4, 0.5) is 0 Å². The predicted octanol–water partition coefficient (Wildman–Crippen LogP) is 3.08. The van der Waals surface area contributed by atoms with Gasteiger partial charge in [0.25, 0.3) is 0 Å². The molecule has 1 saturated carbocycles. The molecule has 0 aromatic rings. The first kappa shape index (κ1) is 10.0. The van der Waals surface area contributed by atoms with E-state index in [1.807, 2.05) is 0 Å². The Balaban J connectivity index is 1.88. The van der Waals surface area contributed by atoms with Gasteiger partial charge >= 0.3 is 0 Å². The quantitative estimate of drug-likeness (QED) is 0.629. The van der Waals surface area contributed by atoms with Crippen LogP contribution in [0.15, 0.2) is 0 Å². The van der Waals surface area contributed by atoms with Crippen molar-refractivity contribution in [3.63, 3.8) is 0 Å². The van der Waals surface area contributed by atoms with Gasteiger partial charge in [-0.15, -0.1) is 0 Å². The van der Waals surface area contributed by atoms with Gasteiger partial charge in [0.15, 0.2) is 0 Å². The number of nitrogens with two attached hydrogens (primary N) is 1. The van der Waals surface area contributed by atoms with Gasteiger partial charge in [-0.2, -0.15) is 0 Å². The van der Waals surface area contributed by atoms with E-state index >= 15 is 0 Å². The van der Waals surface area contributed by atoms with Crippen LogP contribution in [-0.2, 0) is 0 Å². The van der Waals surface area contributed by atoms with E-state index in [-0.39, 0.29) is 5.54 Å². The zero-order chi connectivity index (χ0) is 9.03. The van der Waals surface area contributed by atoms with Gasteiger partial charge in [-0.1, -0.05) is 38.5 Å². The molecule has 0 aliphatic heterocycles. The minimum atomic E-state index is 0.0552. The van der Waals surface area contributed by atoms with E-state index < -0.39 is 0 Å². The summed E-state index contributed by atoms with van der Waals surface area (Å²) in [4.78, 5) is 0. The Kier molecular flexibility index (Phi) is 3.57. The first-order valence-electron chi connectivity index (χ1n) is 5.37. The van der Waals surface area contributed by atoms with E-state index in [4.69, 9.17) is 5.73 Å². The molecule has 12 heavy (non-hydrogen) atoms. The lowest BCUT2D eigenvalue weighted by atomic mass is 9.81. The molecule has 1 aliphatic rings. The molecular weight excluding hydrogens is 146 g/mol. The topological polar surface area (TPSA) is 26.0 Å². The maximum atomic E-state index is 5.90. The number of hydrogen-bond donors (Lipinski definition) is 1. The maximum Gasteiger partial charge on any atom is 0.00970 e. The first-order valence-corrected chi connectivity index (χ1v) is 5.37. The van der Waals surface area contributed by atoms with Crippen molar-refractivity contribution in [1.29, 1.82) is 0 Å². The Morgan fingerprint density at radius 2 is 1.92 bits per heavy atom. The van der Waals surface area contributed by atoms with Crippen LogP contribution in [0.2, 0.25) is 0 Å². The molecule has 0 amide bonds. The third kappa shape index (κ3) is 4.10. The zero-order valence-corrected chi connectivity index (χ0v) is 8.60. The molecular formula is C11H23N. The molecule has 0 spiro atoms. The van der Waals surface area contributed by atoms with Gasteiger partial charge < -0.3 is 5.73 Å². The second kappa shape index (κ2) is 4.27. The fourth-order valence-electron chi connectivity index (χ4n) is 1.80. The van der Waals surface area contributed by atoms with Crippen molar-refractivity contribution < 1.29 is 0 Å². The summed E-state index contributed by atoms with van der Waals surface area (Å²) in [5, 5.41) is 0. The van der Waals surface area contributed by atoms with Crippen LogP contribution >= 0.6 is 0 Å². The zero-order valence-electron chi connectivity index (χ0n) is 8.60. The maximum absolute atomic E-state index is 5.90. The standard InChI is InChI=1S/C11H23N/c1-11(2,12)9-4-3-6-10-7-5-8-10/h10H,3-9,12H2,1-2H3. The predicted molar refractivity (Wildman–Crippen MR) is 54.1 cm³/mol. The minimum absolute atomic E-state index is 0.0552. The van der Waals surface area contributed by atoms with E-state index in [1.165, 1.54) is 44.9 Å². The van der Waals surface area contributed by atoms with Gasteiger partial charge in [-0.25, -0.2) is 0 Å². The molecule has 2 N–H and O–H groups in total. The van der Waals surface area contributed by atoms with Crippen LogP contribution in [-0.4, -0.2) is 5.54 Å². The lowest BCUT2D eigenvalue weighted by Crippen LogP contribution is -2.31. The Bertz CT molecular complexity index is 119. The molecule has 1 nitrogen and oxygen atoms in total. The molecule has 0 aromatic heterocycles. The minimum Gasteiger partial charge on any atom is -0.326 e. The highest BCUT2D eigenvalue weighted by Gasteiger charge is 2.17. The Morgan fingerprint density at radius 3 is 2.33 bits per heavy atom. The van der Waals surface area contributed by atoms with Gasteiger partial charge in [0.05, 0.1) is 0 Å². The van der Waals surface area contributed by atoms with Crippen molar-refractivity contribution in [2.75, 3.05) is 0 Å². The highest BCUT2D eigenvalue weighted by Crippen LogP contribution is 2.31. The van der Waals surface area contributed by atoms with Gasteiger partial charge in [0.1, 0.15) is 0 Å². The molecule has 1 aliphatic carbocycles. The smallest absolute Gasteiger partial charge is 0.00970 e. The number of hydrogen-bond acceptors (Lipinski definition) is 1. The monoisotopic (exact) mass is 169 g/mol. The molecule has 0 saturated heterocycles. The Morgan fingerprint density at radius 1 is 1.25 bits per heavy atom. The first-order chi connectivity index (χ1) is 5.58. The van der Waals surface area contributed by atoms with Crippen molar-refractivity contribution in [2.24, 2.45) is 11.7 Å². The molecule has 0 unspecified atom stereocenters. The highest BCUT2D eigenvalue weighted by molar-refractivity contribution is 4.73. The SMILES string of the molecule is CC(C)(N)CCCCC1CCC1. The van der Waals surface area contributed by atoms with Crippen LogP contribution in [0.5, 0.6) is 0 Å². The second-order valence-corrected chi connectivity index (χ2v) is 5.03. The lowest BCUT2D eigenvalue weighted by Gasteiger charge is -2.25. The van der Waals surface area contributed by atoms with Crippen molar-refractivity contribution >= 4 is 0 Å². The van der Waals surface area contributed by atoms with E-state index in [0.29, 0.717) is 0 Å².